The molecule has 25 heavy (non-hydrogen) atoms. The molecule has 1 saturated heterocycles. The molecule has 2 heterocycles. The van der Waals surface area contributed by atoms with E-state index < -0.39 is 0 Å². The summed E-state index contributed by atoms with van der Waals surface area (Å²) in [5.41, 5.74) is 3.70. The highest BCUT2D eigenvalue weighted by molar-refractivity contribution is 5.50. The molecule has 0 saturated carbocycles. The Bertz CT molecular complexity index is 665. The van der Waals surface area contributed by atoms with Crippen LogP contribution in [0.2, 0.25) is 0 Å². The topological polar surface area (TPSA) is 53.1 Å². The maximum absolute atomic E-state index is 4.45. The van der Waals surface area contributed by atoms with Crippen molar-refractivity contribution < 1.29 is 0 Å². The molecular weight excluding hydrogens is 310 g/mol. The standard InChI is InChI=1S/C20H29N5/c1-3-17-13-20(24-15-23-17)25-11-9-18(10-12-25)22-14-16-7-5-6-8-19(16)21-4-2/h5-8,13,15,18,21-22H,3-4,9-12,14H2,1-2H3. The number of hydrogen-bond donors (Lipinski definition) is 2. The fourth-order valence-electron chi connectivity index (χ4n) is 3.36. The predicted octanol–water partition coefficient (Wildman–Crippen LogP) is 3.23. The van der Waals surface area contributed by atoms with Gasteiger partial charge in [0.2, 0.25) is 0 Å². The number of aromatic nitrogens is 2. The first-order valence-electron chi connectivity index (χ1n) is 9.41. The minimum Gasteiger partial charge on any atom is -0.385 e. The zero-order chi connectivity index (χ0) is 17.5. The van der Waals surface area contributed by atoms with Gasteiger partial charge in [-0.25, -0.2) is 9.97 Å². The van der Waals surface area contributed by atoms with Gasteiger partial charge in [0.1, 0.15) is 12.1 Å². The van der Waals surface area contributed by atoms with Crippen LogP contribution >= 0.6 is 0 Å². The summed E-state index contributed by atoms with van der Waals surface area (Å²) in [4.78, 5) is 11.1. The SMILES string of the molecule is CCNc1ccccc1CNC1CCN(c2cc(CC)ncn2)CC1. The van der Waals surface area contributed by atoms with Crippen LogP contribution in [-0.4, -0.2) is 35.6 Å². The molecule has 2 aromatic rings. The molecule has 2 N–H and O–H groups in total. The Balaban J connectivity index is 1.51. The minimum absolute atomic E-state index is 0.568. The van der Waals surface area contributed by atoms with E-state index in [1.165, 1.54) is 11.3 Å². The Hall–Kier alpha value is -2.14. The predicted molar refractivity (Wildman–Crippen MR) is 104 cm³/mol. The van der Waals surface area contributed by atoms with Crippen LogP contribution in [0.5, 0.6) is 0 Å². The second kappa shape index (κ2) is 8.81. The average Bonchev–Trinajstić information content (AvgIpc) is 2.68. The fourth-order valence-corrected chi connectivity index (χ4v) is 3.36. The number of nitrogens with one attached hydrogen (secondary N) is 2. The molecule has 1 aromatic heterocycles. The van der Waals surface area contributed by atoms with Crippen molar-refractivity contribution in [2.75, 3.05) is 29.9 Å². The van der Waals surface area contributed by atoms with Gasteiger partial charge in [0, 0.05) is 49.7 Å². The molecular formula is C20H29N5. The number of aryl methyl sites for hydroxylation is 1. The number of rotatable bonds is 7. The lowest BCUT2D eigenvalue weighted by Crippen LogP contribution is -2.42. The van der Waals surface area contributed by atoms with E-state index in [2.05, 4.69) is 69.7 Å². The average molecular weight is 339 g/mol. The smallest absolute Gasteiger partial charge is 0.132 e. The minimum atomic E-state index is 0.568. The molecule has 3 rings (SSSR count). The van der Waals surface area contributed by atoms with Crippen molar-refractivity contribution >= 4 is 11.5 Å². The Morgan fingerprint density at radius 3 is 2.68 bits per heavy atom. The largest absolute Gasteiger partial charge is 0.385 e. The number of hydrogen-bond acceptors (Lipinski definition) is 5. The Labute approximate surface area is 150 Å². The Morgan fingerprint density at radius 1 is 1.12 bits per heavy atom. The third-order valence-electron chi connectivity index (χ3n) is 4.86. The lowest BCUT2D eigenvalue weighted by Gasteiger charge is -2.33. The van der Waals surface area contributed by atoms with E-state index in [0.29, 0.717) is 6.04 Å². The number of piperidine rings is 1. The molecule has 5 nitrogen and oxygen atoms in total. The van der Waals surface area contributed by atoms with Crippen LogP contribution in [0.1, 0.15) is 37.9 Å². The van der Waals surface area contributed by atoms with Gasteiger partial charge in [-0.2, -0.15) is 0 Å². The third-order valence-corrected chi connectivity index (χ3v) is 4.86. The number of para-hydroxylation sites is 1. The van der Waals surface area contributed by atoms with E-state index in [1.54, 1.807) is 6.33 Å². The van der Waals surface area contributed by atoms with Crippen LogP contribution in [0.4, 0.5) is 11.5 Å². The molecule has 0 unspecified atom stereocenters. The lowest BCUT2D eigenvalue weighted by atomic mass is 10.0. The normalized spacial score (nSPS) is 15.4. The monoisotopic (exact) mass is 339 g/mol. The van der Waals surface area contributed by atoms with E-state index in [1.807, 2.05) is 0 Å². The van der Waals surface area contributed by atoms with E-state index in [0.717, 1.165) is 57.0 Å². The van der Waals surface area contributed by atoms with Gasteiger partial charge in [0.05, 0.1) is 0 Å². The van der Waals surface area contributed by atoms with Gasteiger partial charge >= 0.3 is 0 Å². The van der Waals surface area contributed by atoms with Gasteiger partial charge in [-0.3, -0.25) is 0 Å². The van der Waals surface area contributed by atoms with Gasteiger partial charge in [-0.1, -0.05) is 25.1 Å². The first kappa shape index (κ1) is 17.7. The highest BCUT2D eigenvalue weighted by atomic mass is 15.2. The van der Waals surface area contributed by atoms with E-state index >= 15 is 0 Å². The highest BCUT2D eigenvalue weighted by Crippen LogP contribution is 2.20. The molecule has 1 fully saturated rings. The highest BCUT2D eigenvalue weighted by Gasteiger charge is 2.20. The number of anilines is 2. The summed E-state index contributed by atoms with van der Waals surface area (Å²) in [7, 11) is 0. The summed E-state index contributed by atoms with van der Waals surface area (Å²) in [6.07, 6.45) is 4.94. The van der Waals surface area contributed by atoms with Gasteiger partial charge in [0.25, 0.3) is 0 Å². The van der Waals surface area contributed by atoms with E-state index in [9.17, 15) is 0 Å². The maximum atomic E-state index is 4.45. The summed E-state index contributed by atoms with van der Waals surface area (Å²) >= 11 is 0. The van der Waals surface area contributed by atoms with Crippen LogP contribution in [0, 0.1) is 0 Å². The molecule has 0 aliphatic carbocycles. The molecule has 1 aromatic carbocycles. The molecule has 0 bridgehead atoms. The van der Waals surface area contributed by atoms with Crippen molar-refractivity contribution in [3.05, 3.63) is 47.9 Å². The Morgan fingerprint density at radius 2 is 1.92 bits per heavy atom. The second-order valence-electron chi connectivity index (χ2n) is 6.55. The van der Waals surface area contributed by atoms with Crippen molar-refractivity contribution in [3.8, 4) is 0 Å². The van der Waals surface area contributed by atoms with Crippen LogP contribution in [0.25, 0.3) is 0 Å². The van der Waals surface area contributed by atoms with Crippen molar-refractivity contribution in [2.24, 2.45) is 0 Å². The van der Waals surface area contributed by atoms with E-state index in [4.69, 9.17) is 0 Å². The van der Waals surface area contributed by atoms with Crippen molar-refractivity contribution in [2.45, 2.75) is 45.7 Å². The third kappa shape index (κ3) is 4.69. The van der Waals surface area contributed by atoms with Crippen molar-refractivity contribution in [1.29, 1.82) is 0 Å². The second-order valence-corrected chi connectivity index (χ2v) is 6.55. The first-order chi connectivity index (χ1) is 12.3. The van der Waals surface area contributed by atoms with Crippen LogP contribution in [0.3, 0.4) is 0 Å². The van der Waals surface area contributed by atoms with Crippen LogP contribution in [-0.2, 0) is 13.0 Å². The number of nitrogens with zero attached hydrogens (tertiary/aromatic N) is 3. The van der Waals surface area contributed by atoms with Gasteiger partial charge in [-0.15, -0.1) is 0 Å². The molecule has 134 valence electrons. The number of benzene rings is 1. The quantitative estimate of drug-likeness (QED) is 0.811. The summed E-state index contributed by atoms with van der Waals surface area (Å²) in [6.45, 7) is 8.24. The summed E-state index contributed by atoms with van der Waals surface area (Å²) in [5, 5.41) is 7.17. The van der Waals surface area contributed by atoms with Crippen molar-refractivity contribution in [1.82, 2.24) is 15.3 Å². The molecule has 5 heteroatoms. The molecule has 0 radical (unpaired) electrons. The van der Waals surface area contributed by atoms with Gasteiger partial charge in [0.15, 0.2) is 0 Å². The van der Waals surface area contributed by atoms with Gasteiger partial charge < -0.3 is 15.5 Å². The molecule has 0 amide bonds. The molecule has 0 atom stereocenters. The summed E-state index contributed by atoms with van der Waals surface area (Å²) in [6, 6.07) is 11.3. The molecule has 1 aliphatic heterocycles. The summed E-state index contributed by atoms with van der Waals surface area (Å²) in [5.74, 6) is 1.07. The maximum Gasteiger partial charge on any atom is 0.132 e. The fraction of sp³-hybridized carbons (Fsp3) is 0.500. The van der Waals surface area contributed by atoms with Crippen LogP contribution < -0.4 is 15.5 Å². The molecule has 1 aliphatic rings. The van der Waals surface area contributed by atoms with Gasteiger partial charge in [-0.05, 0) is 37.8 Å². The summed E-state index contributed by atoms with van der Waals surface area (Å²) < 4.78 is 0. The molecule has 0 spiro atoms. The van der Waals surface area contributed by atoms with Crippen LogP contribution in [0.15, 0.2) is 36.7 Å². The lowest BCUT2D eigenvalue weighted by molar-refractivity contribution is 0.413. The first-order valence-corrected chi connectivity index (χ1v) is 9.41. The Kier molecular flexibility index (Phi) is 6.23. The zero-order valence-corrected chi connectivity index (χ0v) is 15.3. The van der Waals surface area contributed by atoms with E-state index in [-0.39, 0.29) is 0 Å². The zero-order valence-electron chi connectivity index (χ0n) is 15.3. The van der Waals surface area contributed by atoms with Crippen molar-refractivity contribution in [3.63, 3.8) is 0 Å².